The van der Waals surface area contributed by atoms with Crippen LogP contribution >= 0.6 is 0 Å². The predicted molar refractivity (Wildman–Crippen MR) is 72.3 cm³/mol. The fourth-order valence-corrected chi connectivity index (χ4v) is 2.13. The second kappa shape index (κ2) is 8.29. The number of benzene rings is 1. The third-order valence-electron chi connectivity index (χ3n) is 3.10. The minimum Gasteiger partial charge on any atom is -1.00 e. The molecule has 0 saturated heterocycles. The smallest absolute Gasteiger partial charge is 1.00 e. The van der Waals surface area contributed by atoms with E-state index in [1.807, 2.05) is 18.2 Å². The van der Waals surface area contributed by atoms with Gasteiger partial charge in [0.15, 0.2) is 5.58 Å². The molecule has 2 rings (SSSR count). The van der Waals surface area contributed by atoms with Gasteiger partial charge >= 0.3 is 41.3 Å². The number of oxazole rings is 1. The number of unbranched alkanes of at least 4 members (excludes halogenated alkanes) is 3. The van der Waals surface area contributed by atoms with Crippen molar-refractivity contribution in [2.24, 2.45) is 0 Å². The van der Waals surface area contributed by atoms with Gasteiger partial charge in [-0.05, 0) is 25.0 Å². The largest absolute Gasteiger partial charge is 1.00 e. The second-order valence-corrected chi connectivity index (χ2v) is 4.55. The molecule has 2 aromatic rings. The van der Waals surface area contributed by atoms with Crippen molar-refractivity contribution in [2.45, 2.75) is 38.6 Å². The van der Waals surface area contributed by atoms with E-state index in [0.717, 1.165) is 24.8 Å². The van der Waals surface area contributed by atoms with Crippen LogP contribution in [-0.4, -0.2) is 15.6 Å². The molecule has 104 valence electrons. The summed E-state index contributed by atoms with van der Waals surface area (Å²) in [5.41, 5.74) is 1.43. The summed E-state index contributed by atoms with van der Waals surface area (Å²) in [6.45, 7) is 0.614. The van der Waals surface area contributed by atoms with E-state index < -0.39 is 5.97 Å². The molecule has 6 heteroatoms. The number of carbonyl (C=O) groups is 1. The number of carboxylic acids is 1. The Balaban J connectivity index is 0.00000200. The molecule has 0 radical (unpaired) electrons. The number of nitrogens with zero attached hydrogens (tertiary/aromatic N) is 1. The van der Waals surface area contributed by atoms with Crippen LogP contribution in [0.3, 0.4) is 0 Å². The summed E-state index contributed by atoms with van der Waals surface area (Å²) in [5.74, 6) is -1.08. The molecule has 0 unspecified atom stereocenters. The first-order chi connectivity index (χ1) is 9.18. The number of fused-ring (bicyclic) bond motifs is 1. The number of aromatic nitrogens is 1. The van der Waals surface area contributed by atoms with Crippen LogP contribution in [0.5, 0.6) is 0 Å². The maximum absolute atomic E-state index is 11.7. The van der Waals surface area contributed by atoms with Crippen molar-refractivity contribution >= 4 is 17.1 Å². The molecule has 1 aromatic carbocycles. The SMILES string of the molecule is O=C(O)CCCCCCn1c(=O)oc2ccccc21.[H-].[Na+]. The van der Waals surface area contributed by atoms with Crippen LogP contribution in [-0.2, 0) is 11.3 Å². The Kier molecular flexibility index (Phi) is 7.05. The number of rotatable bonds is 7. The first-order valence-corrected chi connectivity index (χ1v) is 6.48. The maximum Gasteiger partial charge on any atom is 1.00 e. The first kappa shape index (κ1) is 17.0. The van der Waals surface area contributed by atoms with Crippen LogP contribution in [0.4, 0.5) is 0 Å². The zero-order valence-electron chi connectivity index (χ0n) is 12.7. The van der Waals surface area contributed by atoms with E-state index in [4.69, 9.17) is 9.52 Å². The van der Waals surface area contributed by atoms with Crippen LogP contribution in [0.15, 0.2) is 33.5 Å². The number of aliphatic carboxylic acids is 1. The summed E-state index contributed by atoms with van der Waals surface area (Å²) in [7, 11) is 0. The van der Waals surface area contributed by atoms with Crippen molar-refractivity contribution in [2.75, 3.05) is 0 Å². The molecule has 0 spiro atoms. The van der Waals surface area contributed by atoms with Crippen molar-refractivity contribution in [3.63, 3.8) is 0 Å². The van der Waals surface area contributed by atoms with Gasteiger partial charge in [0.05, 0.1) is 5.52 Å². The average Bonchev–Trinajstić information content (AvgIpc) is 2.69. The molecule has 0 saturated carbocycles. The Hall–Kier alpha value is -1.04. The molecule has 20 heavy (non-hydrogen) atoms. The molecule has 0 amide bonds. The van der Waals surface area contributed by atoms with E-state index in [-0.39, 0.29) is 43.2 Å². The van der Waals surface area contributed by atoms with Gasteiger partial charge in [0.2, 0.25) is 0 Å². The van der Waals surface area contributed by atoms with Gasteiger partial charge in [0, 0.05) is 13.0 Å². The van der Waals surface area contributed by atoms with Crippen LogP contribution in [0.25, 0.3) is 11.1 Å². The van der Waals surface area contributed by atoms with Crippen LogP contribution in [0.2, 0.25) is 0 Å². The van der Waals surface area contributed by atoms with Crippen LogP contribution in [0.1, 0.15) is 33.5 Å². The van der Waals surface area contributed by atoms with Crippen molar-refractivity contribution in [1.82, 2.24) is 4.57 Å². The summed E-state index contributed by atoms with van der Waals surface area (Å²) < 4.78 is 6.77. The predicted octanol–water partition coefficient (Wildman–Crippen LogP) is -0.254. The zero-order valence-corrected chi connectivity index (χ0v) is 13.7. The number of para-hydroxylation sites is 2. The molecule has 0 fully saturated rings. The number of hydrogen-bond donors (Lipinski definition) is 1. The van der Waals surface area contributed by atoms with Crippen molar-refractivity contribution < 1.29 is 45.3 Å². The molecule has 0 aliphatic carbocycles. The molecule has 0 aliphatic rings. The summed E-state index contributed by atoms with van der Waals surface area (Å²) in [6.07, 6.45) is 3.55. The van der Waals surface area contributed by atoms with E-state index in [1.165, 1.54) is 0 Å². The van der Waals surface area contributed by atoms with E-state index in [0.29, 0.717) is 18.5 Å². The summed E-state index contributed by atoms with van der Waals surface area (Å²) >= 11 is 0. The van der Waals surface area contributed by atoms with E-state index >= 15 is 0 Å². The Labute approximate surface area is 140 Å². The molecule has 0 bridgehead atoms. The van der Waals surface area contributed by atoms with E-state index in [9.17, 15) is 9.59 Å². The van der Waals surface area contributed by atoms with Crippen LogP contribution in [0, 0.1) is 0 Å². The minimum absolute atomic E-state index is 0. The molecular weight excluding hydrogens is 269 g/mol. The molecule has 1 heterocycles. The Morgan fingerprint density at radius 2 is 1.90 bits per heavy atom. The van der Waals surface area contributed by atoms with Gasteiger partial charge in [0.25, 0.3) is 0 Å². The normalized spacial score (nSPS) is 10.4. The first-order valence-electron chi connectivity index (χ1n) is 6.48. The third kappa shape index (κ3) is 4.51. The zero-order chi connectivity index (χ0) is 13.7. The molecule has 1 aromatic heterocycles. The van der Waals surface area contributed by atoms with Crippen LogP contribution < -0.4 is 35.3 Å². The van der Waals surface area contributed by atoms with Gasteiger partial charge in [-0.15, -0.1) is 0 Å². The number of carboxylic acid groups (broad SMARTS) is 1. The quantitative estimate of drug-likeness (QED) is 0.563. The Bertz CT molecular complexity index is 623. The van der Waals surface area contributed by atoms with Gasteiger partial charge in [-0.3, -0.25) is 9.36 Å². The Morgan fingerprint density at radius 3 is 2.65 bits per heavy atom. The van der Waals surface area contributed by atoms with Gasteiger partial charge in [-0.25, -0.2) is 4.79 Å². The molecule has 0 aliphatic heterocycles. The monoisotopic (exact) mass is 287 g/mol. The molecule has 1 N–H and O–H groups in total. The van der Waals surface area contributed by atoms with Crippen molar-refractivity contribution in [3.8, 4) is 0 Å². The van der Waals surface area contributed by atoms with Gasteiger partial charge in [0.1, 0.15) is 0 Å². The van der Waals surface area contributed by atoms with E-state index in [2.05, 4.69) is 0 Å². The second-order valence-electron chi connectivity index (χ2n) is 4.55. The topological polar surface area (TPSA) is 72.4 Å². The number of aryl methyl sites for hydroxylation is 1. The molecule has 0 atom stereocenters. The summed E-state index contributed by atoms with van der Waals surface area (Å²) in [5, 5.41) is 8.52. The fraction of sp³-hybridized carbons (Fsp3) is 0.429. The van der Waals surface area contributed by atoms with Gasteiger partial charge in [-0.1, -0.05) is 25.0 Å². The third-order valence-corrected chi connectivity index (χ3v) is 3.10. The standard InChI is InChI=1S/C14H17NO4.Na.H/c16-13(17)9-3-1-2-6-10-15-11-7-4-5-8-12(11)19-14(15)18;;/h4-5,7-8H,1-3,6,9-10H2,(H,16,17);;/q;+1;-1. The number of hydrogen-bond acceptors (Lipinski definition) is 3. The minimum atomic E-state index is -0.753. The maximum atomic E-state index is 11.7. The van der Waals surface area contributed by atoms with Crippen molar-refractivity contribution in [3.05, 3.63) is 34.8 Å². The summed E-state index contributed by atoms with van der Waals surface area (Å²) in [4.78, 5) is 22.0. The van der Waals surface area contributed by atoms with E-state index in [1.54, 1.807) is 10.6 Å². The van der Waals surface area contributed by atoms with Crippen molar-refractivity contribution in [1.29, 1.82) is 0 Å². The average molecular weight is 287 g/mol. The van der Waals surface area contributed by atoms with Gasteiger partial charge < -0.3 is 11.0 Å². The molecule has 5 nitrogen and oxygen atoms in total. The Morgan fingerprint density at radius 1 is 1.20 bits per heavy atom. The van der Waals surface area contributed by atoms with Gasteiger partial charge in [-0.2, -0.15) is 0 Å². The fourth-order valence-electron chi connectivity index (χ4n) is 2.13. The molecular formula is C14H18NNaO4. The summed E-state index contributed by atoms with van der Waals surface area (Å²) in [6, 6.07) is 7.35.